The minimum Gasteiger partial charge on any atom is -2.00 e. The van der Waals surface area contributed by atoms with Crippen LogP contribution in [0.1, 0.15) is 0 Å². The molecule has 0 aromatic heterocycles. The van der Waals surface area contributed by atoms with E-state index in [4.69, 9.17) is 42.2 Å². The van der Waals surface area contributed by atoms with Crippen LogP contribution in [0.3, 0.4) is 0 Å². The maximum absolute atomic E-state index is 8.52. The molecule has 0 amide bonds. The second-order valence-electron chi connectivity index (χ2n) is 0.750. The second kappa shape index (κ2) is 43.4. The van der Waals surface area contributed by atoms with Crippen LogP contribution in [0.4, 0.5) is 0 Å². The van der Waals surface area contributed by atoms with Crippen LogP contribution in [0.2, 0.25) is 0 Å². The minimum absolute atomic E-state index is 0. The van der Waals surface area contributed by atoms with Crippen LogP contribution in [0.25, 0.3) is 0 Å². The monoisotopic (exact) mass is 608 g/mol. The minimum atomic E-state index is -3.63. The first-order valence-corrected chi connectivity index (χ1v) is 5.51. The largest absolute Gasteiger partial charge is 3.00 e. The van der Waals surface area contributed by atoms with Gasteiger partial charge in [-0.25, -0.2) is 0 Å². The topological polar surface area (TPSA) is 275 Å². The standard InChI is InChI=1S/2Er.3O3Si.3O/c;;3*1-4(2)3;;;/q2*+3;6*-2. The molecule has 0 N–H and O–H groups in total. The van der Waals surface area contributed by atoms with Gasteiger partial charge in [-0.2, -0.15) is 0 Å². The van der Waals surface area contributed by atoms with Gasteiger partial charge in [0.1, 0.15) is 0 Å². The Labute approximate surface area is 158 Å². The Hall–Kier alpha value is 1.22. The van der Waals surface area contributed by atoms with E-state index in [-0.39, 0.29) is 91.0 Å². The van der Waals surface area contributed by atoms with Crippen molar-refractivity contribution in [2.75, 3.05) is 0 Å². The van der Waals surface area contributed by atoms with Crippen molar-refractivity contribution in [2.24, 2.45) is 0 Å². The zero-order valence-electron chi connectivity index (χ0n) is 6.98. The fraction of sp³-hybridized carbons (Fsp3) is 0. The van der Waals surface area contributed by atoms with E-state index in [1.54, 1.807) is 0 Å². The Morgan fingerprint density at radius 3 is 0.471 bits per heavy atom. The fourth-order valence-electron chi connectivity index (χ4n) is 0. The Morgan fingerprint density at radius 1 is 0.471 bits per heavy atom. The van der Waals surface area contributed by atoms with Crippen molar-refractivity contribution in [1.29, 1.82) is 0 Å². The molecule has 0 rings (SSSR count). The first-order valence-electron chi connectivity index (χ1n) is 1.84. The van der Waals surface area contributed by atoms with Gasteiger partial charge in [0.25, 0.3) is 0 Å². The summed E-state index contributed by atoms with van der Waals surface area (Å²) in [5, 5.41) is 0. The van der Waals surface area contributed by atoms with Crippen molar-refractivity contribution < 1.29 is 133 Å². The molecule has 0 heterocycles. The second-order valence-corrected chi connectivity index (χ2v) is 2.25. The third-order valence-electron chi connectivity index (χ3n) is 0. The molecule has 0 saturated carbocycles. The Balaban J connectivity index is -0.0000000104. The van der Waals surface area contributed by atoms with Gasteiger partial charge >= 0.3 is 74.6 Å². The summed E-state index contributed by atoms with van der Waals surface area (Å²) in [6, 6.07) is 0. The zero-order valence-corrected chi connectivity index (χ0v) is 13.7. The van der Waals surface area contributed by atoms with Crippen molar-refractivity contribution in [3.05, 3.63) is 0 Å². The summed E-state index contributed by atoms with van der Waals surface area (Å²) in [6.45, 7) is 0. The fourth-order valence-corrected chi connectivity index (χ4v) is 0. The molecular weight excluding hydrogens is 611 g/mol. The van der Waals surface area contributed by atoms with Crippen molar-refractivity contribution in [1.82, 2.24) is 0 Å². The van der Waals surface area contributed by atoms with E-state index in [1.165, 1.54) is 0 Å². The van der Waals surface area contributed by atoms with Gasteiger partial charge < -0.3 is 58.6 Å². The molecule has 0 aliphatic heterocycles. The van der Waals surface area contributed by atoms with Gasteiger partial charge in [0.2, 0.25) is 0 Å². The van der Waals surface area contributed by atoms with Gasteiger partial charge in [-0.05, 0) is 0 Å². The van der Waals surface area contributed by atoms with E-state index in [0.717, 1.165) is 0 Å². The summed E-state index contributed by atoms with van der Waals surface area (Å²) in [4.78, 5) is 51.1. The van der Waals surface area contributed by atoms with Gasteiger partial charge in [-0.3, -0.25) is 0 Å². The Morgan fingerprint density at radius 2 is 0.471 bits per heavy atom. The smallest absolute Gasteiger partial charge is 2.00 e. The van der Waals surface area contributed by atoms with Crippen molar-refractivity contribution in [2.45, 2.75) is 0 Å². The summed E-state index contributed by atoms with van der Waals surface area (Å²) >= 11 is 0. The van der Waals surface area contributed by atoms with Crippen molar-refractivity contribution >= 4 is 27.5 Å². The number of hydrogen-bond acceptors (Lipinski definition) is 9. The van der Waals surface area contributed by atoms with Crippen LogP contribution in [0.5, 0.6) is 0 Å². The maximum atomic E-state index is 8.52. The third kappa shape index (κ3) is 2660. The van der Waals surface area contributed by atoms with Crippen molar-refractivity contribution in [3.63, 3.8) is 0 Å². The zero-order chi connectivity index (χ0) is 10.7. The van der Waals surface area contributed by atoms with Crippen LogP contribution in [0.15, 0.2) is 0 Å². The molecular formula is Er2O12Si3-6. The molecule has 0 aromatic carbocycles. The van der Waals surface area contributed by atoms with Crippen LogP contribution in [-0.2, 0) is 29.8 Å². The summed E-state index contributed by atoms with van der Waals surface area (Å²) < 4.78 is 25.6. The molecule has 2 radical (unpaired) electrons. The third-order valence-corrected chi connectivity index (χ3v) is 0. The SMILES string of the molecule is O=[Si]([O-])[O-].O=[Si]([O-])[O-].O=[Si]([O-])[O-].[Er+3].[Er+3].[O-2].[O-2].[O-2]. The molecule has 0 unspecified atom stereocenters. The van der Waals surface area contributed by atoms with E-state index in [0.29, 0.717) is 0 Å². The first kappa shape index (κ1) is 51.7. The van der Waals surface area contributed by atoms with Crippen LogP contribution < -0.4 is 28.8 Å². The summed E-state index contributed by atoms with van der Waals surface area (Å²) in [5.74, 6) is 0. The molecule has 17 heavy (non-hydrogen) atoms. The predicted octanol–water partition coefficient (Wildman–Crippen LogP) is -8.99. The molecule has 114 valence electrons. The van der Waals surface area contributed by atoms with Crippen LogP contribution in [-0.4, -0.2) is 27.5 Å². The van der Waals surface area contributed by atoms with Crippen molar-refractivity contribution in [3.8, 4) is 0 Å². The summed E-state index contributed by atoms with van der Waals surface area (Å²) in [7, 11) is -10.9. The van der Waals surface area contributed by atoms with E-state index >= 15 is 0 Å². The molecule has 0 fully saturated rings. The van der Waals surface area contributed by atoms with Gasteiger partial charge in [-0.1, -0.05) is 0 Å². The van der Waals surface area contributed by atoms with Gasteiger partial charge in [-0.15, -0.1) is 0 Å². The molecule has 0 aliphatic carbocycles. The molecule has 12 nitrogen and oxygen atoms in total. The van der Waals surface area contributed by atoms with Gasteiger partial charge in [0, 0.05) is 27.5 Å². The average Bonchev–Trinajstić information content (AvgIpc) is 1.54. The molecule has 0 atom stereocenters. The van der Waals surface area contributed by atoms with Gasteiger partial charge in [0.15, 0.2) is 0 Å². The Bertz CT molecular complexity index is 117. The molecule has 0 spiro atoms. The number of hydrogen-bond donors (Lipinski definition) is 0. The molecule has 0 bridgehead atoms. The summed E-state index contributed by atoms with van der Waals surface area (Å²) in [6.07, 6.45) is 0. The molecule has 0 aliphatic rings. The summed E-state index contributed by atoms with van der Waals surface area (Å²) in [5.41, 5.74) is 0. The van der Waals surface area contributed by atoms with Crippen LogP contribution >= 0.6 is 0 Å². The quantitative estimate of drug-likeness (QED) is 0.235. The van der Waals surface area contributed by atoms with E-state index in [9.17, 15) is 0 Å². The Kier molecular flexibility index (Phi) is 132. The predicted molar refractivity (Wildman–Crippen MR) is 21.4 cm³/mol. The number of rotatable bonds is 0. The van der Waals surface area contributed by atoms with E-state index < -0.39 is 27.5 Å². The normalized spacial score (nSPS) is 4.24. The molecule has 17 heteroatoms. The maximum Gasteiger partial charge on any atom is 3.00 e. The van der Waals surface area contributed by atoms with E-state index in [2.05, 4.69) is 0 Å². The van der Waals surface area contributed by atoms with Gasteiger partial charge in [0.05, 0.1) is 0 Å². The average molecular weight is 611 g/mol. The molecule has 0 saturated heterocycles. The van der Waals surface area contributed by atoms with E-state index in [1.807, 2.05) is 0 Å². The van der Waals surface area contributed by atoms with Crippen LogP contribution in [0, 0.1) is 74.6 Å². The molecule has 0 aromatic rings. The first-order chi connectivity index (χ1) is 5.20.